The van der Waals surface area contributed by atoms with Gasteiger partial charge in [0.1, 0.15) is 0 Å². The summed E-state index contributed by atoms with van der Waals surface area (Å²) in [6.07, 6.45) is 0. The highest BCUT2D eigenvalue weighted by Gasteiger charge is 2.51. The molecule has 0 saturated carbocycles. The first-order valence-electron chi connectivity index (χ1n) is 14.4. The molecule has 2 N–H and O–H groups in total. The molecule has 204 valence electrons. The Kier molecular flexibility index (Phi) is 6.18. The van der Waals surface area contributed by atoms with Crippen LogP contribution in [-0.4, -0.2) is 25.3 Å². The van der Waals surface area contributed by atoms with Crippen molar-refractivity contribution >= 4 is 47.2 Å². The van der Waals surface area contributed by atoms with E-state index in [0.29, 0.717) is 0 Å². The van der Waals surface area contributed by atoms with Crippen LogP contribution >= 0.6 is 0 Å². The van der Waals surface area contributed by atoms with Crippen molar-refractivity contribution in [1.29, 1.82) is 0 Å². The largest absolute Gasteiger partial charge is 0.494 e. The Morgan fingerprint density at radius 2 is 1.25 bits per heavy atom. The van der Waals surface area contributed by atoms with Crippen LogP contribution < -0.4 is 21.4 Å². The fourth-order valence-corrected chi connectivity index (χ4v) is 6.06. The summed E-state index contributed by atoms with van der Waals surface area (Å²) in [5, 5.41) is 10.1. The third kappa shape index (κ3) is 4.52. The molecule has 0 aliphatic carbocycles. The van der Waals surface area contributed by atoms with Gasteiger partial charge in [-0.25, -0.2) is 0 Å². The maximum atomic E-state index is 6.38. The van der Waals surface area contributed by atoms with Gasteiger partial charge in [-0.3, -0.25) is 0 Å². The van der Waals surface area contributed by atoms with Gasteiger partial charge in [-0.2, -0.15) is 0 Å². The Bertz CT molecular complexity index is 1560. The lowest BCUT2D eigenvalue weighted by atomic mass is 9.64. The Morgan fingerprint density at radius 3 is 1.77 bits per heavy atom. The van der Waals surface area contributed by atoms with Crippen LogP contribution in [0.25, 0.3) is 21.9 Å². The smallest absolute Gasteiger partial charge is 0.405 e. The molecule has 2 aliphatic rings. The molecule has 6 rings (SSSR count). The van der Waals surface area contributed by atoms with Crippen molar-refractivity contribution in [3.8, 4) is 11.1 Å². The van der Waals surface area contributed by atoms with E-state index in [9.17, 15) is 0 Å². The molecule has 0 spiro atoms. The lowest BCUT2D eigenvalue weighted by Gasteiger charge is -2.32. The topological polar surface area (TPSA) is 42.5 Å². The molecule has 0 radical (unpaired) electrons. The first-order valence-corrected chi connectivity index (χ1v) is 14.4. The third-order valence-electron chi connectivity index (χ3n) is 9.03. The van der Waals surface area contributed by atoms with Crippen molar-refractivity contribution in [1.82, 2.24) is 0 Å². The molecule has 1 fully saturated rings. The molecule has 0 amide bonds. The number of hydrogen-bond acceptors (Lipinski definition) is 4. The predicted octanol–water partition coefficient (Wildman–Crippen LogP) is 6.95. The number of nitrogens with one attached hydrogen (secondary N) is 2. The highest BCUT2D eigenvalue weighted by atomic mass is 16.7. The zero-order valence-electron chi connectivity index (χ0n) is 25.3. The van der Waals surface area contributed by atoms with E-state index in [4.69, 9.17) is 9.31 Å². The SMILES string of the molecule is Cc1cc(B2OC(C)(C)C(C)(C)O2)cc(C)c1-c1cc(B2Nc3cccc4cccc(c34)N2)cc(C(C)(C)C)c1. The van der Waals surface area contributed by atoms with E-state index in [1.54, 1.807) is 0 Å². The molecule has 0 aromatic heterocycles. The molecule has 1 saturated heterocycles. The van der Waals surface area contributed by atoms with Crippen molar-refractivity contribution in [2.24, 2.45) is 0 Å². The van der Waals surface area contributed by atoms with Crippen LogP contribution in [0.2, 0.25) is 0 Å². The van der Waals surface area contributed by atoms with Gasteiger partial charge in [-0.15, -0.1) is 0 Å². The van der Waals surface area contributed by atoms with E-state index in [1.165, 1.54) is 55.4 Å². The second-order valence-electron chi connectivity index (χ2n) is 13.6. The Hall–Kier alpha value is -3.21. The second-order valence-corrected chi connectivity index (χ2v) is 13.6. The average molecular weight is 530 g/mol. The summed E-state index contributed by atoms with van der Waals surface area (Å²) in [6.45, 7) is 19.6. The van der Waals surface area contributed by atoms with E-state index in [-0.39, 0.29) is 30.7 Å². The van der Waals surface area contributed by atoms with Crippen LogP contribution in [-0.2, 0) is 14.7 Å². The molecule has 0 atom stereocenters. The molecular weight excluding hydrogens is 490 g/mol. The van der Waals surface area contributed by atoms with Gasteiger partial charge in [-0.05, 0) is 103 Å². The standard InChI is InChI=1S/C34H40B2N2O2/c1-21-16-27(36-39-33(6,7)34(8,9)40-36)17-22(2)30(21)24-18-25(32(3,4)5)20-26(19-24)35-37-28-14-10-12-23-13-11-15-29(38-35)31(23)28/h10-20,37-38H,1-9H3. The number of aryl methyl sites for hydroxylation is 2. The summed E-state index contributed by atoms with van der Waals surface area (Å²) < 4.78 is 12.8. The molecule has 4 aromatic rings. The lowest BCUT2D eigenvalue weighted by molar-refractivity contribution is 0.00578. The third-order valence-corrected chi connectivity index (χ3v) is 9.03. The van der Waals surface area contributed by atoms with E-state index in [0.717, 1.165) is 5.46 Å². The van der Waals surface area contributed by atoms with Crippen molar-refractivity contribution in [2.75, 3.05) is 10.5 Å². The van der Waals surface area contributed by atoms with Gasteiger partial charge in [0.25, 0.3) is 0 Å². The molecule has 40 heavy (non-hydrogen) atoms. The molecule has 0 bridgehead atoms. The van der Waals surface area contributed by atoms with Crippen molar-refractivity contribution in [3.05, 3.63) is 83.4 Å². The molecular formula is C34H40B2N2O2. The maximum absolute atomic E-state index is 6.38. The van der Waals surface area contributed by atoms with Gasteiger partial charge in [0.15, 0.2) is 0 Å². The minimum Gasteiger partial charge on any atom is -0.405 e. The van der Waals surface area contributed by atoms with Crippen molar-refractivity contribution in [2.45, 2.75) is 78.9 Å². The Morgan fingerprint density at radius 1 is 0.700 bits per heavy atom. The number of hydrogen-bond donors (Lipinski definition) is 2. The molecule has 0 unspecified atom stereocenters. The van der Waals surface area contributed by atoms with Gasteiger partial charge in [0.2, 0.25) is 0 Å². The van der Waals surface area contributed by atoms with Crippen LogP contribution in [0.15, 0.2) is 66.7 Å². The number of rotatable bonds is 3. The Labute approximate surface area is 240 Å². The normalized spacial score (nSPS) is 17.6. The minimum absolute atomic E-state index is 0.00178. The van der Waals surface area contributed by atoms with E-state index >= 15 is 0 Å². The molecule has 4 nitrogen and oxygen atoms in total. The molecule has 2 heterocycles. The molecule has 4 aromatic carbocycles. The van der Waals surface area contributed by atoms with E-state index in [2.05, 4.69) is 139 Å². The zero-order chi connectivity index (χ0) is 28.6. The minimum atomic E-state index is -0.369. The Balaban J connectivity index is 1.42. The van der Waals surface area contributed by atoms with Crippen molar-refractivity contribution < 1.29 is 9.31 Å². The number of anilines is 2. The van der Waals surface area contributed by atoms with Gasteiger partial charge in [-0.1, -0.05) is 75.4 Å². The summed E-state index contributed by atoms with van der Waals surface area (Å²) in [6, 6.07) is 24.5. The summed E-state index contributed by atoms with van der Waals surface area (Å²) >= 11 is 0. The van der Waals surface area contributed by atoms with Crippen LogP contribution in [0.3, 0.4) is 0 Å². The highest BCUT2D eigenvalue weighted by Crippen LogP contribution is 2.38. The van der Waals surface area contributed by atoms with Crippen LogP contribution in [0.4, 0.5) is 11.4 Å². The first-order chi connectivity index (χ1) is 18.7. The summed E-state index contributed by atoms with van der Waals surface area (Å²) in [5.74, 6) is 0. The molecule has 2 aliphatic heterocycles. The second kappa shape index (κ2) is 9.15. The summed E-state index contributed by atoms with van der Waals surface area (Å²) in [4.78, 5) is 0. The van der Waals surface area contributed by atoms with Gasteiger partial charge < -0.3 is 19.8 Å². The maximum Gasteiger partial charge on any atom is 0.494 e. The van der Waals surface area contributed by atoms with Gasteiger partial charge >= 0.3 is 14.1 Å². The fourth-order valence-electron chi connectivity index (χ4n) is 6.06. The zero-order valence-corrected chi connectivity index (χ0v) is 25.3. The van der Waals surface area contributed by atoms with Gasteiger partial charge in [0, 0.05) is 16.8 Å². The van der Waals surface area contributed by atoms with Crippen LogP contribution in [0.5, 0.6) is 0 Å². The van der Waals surface area contributed by atoms with Gasteiger partial charge in [0.05, 0.1) is 11.2 Å². The lowest BCUT2D eigenvalue weighted by Crippen LogP contribution is -2.48. The fraction of sp³-hybridized carbons (Fsp3) is 0.353. The van der Waals surface area contributed by atoms with Crippen LogP contribution in [0, 0.1) is 13.8 Å². The highest BCUT2D eigenvalue weighted by molar-refractivity contribution is 6.80. The summed E-state index contributed by atoms with van der Waals surface area (Å²) in [5.41, 5.74) is 10.2. The van der Waals surface area contributed by atoms with Crippen molar-refractivity contribution in [3.63, 3.8) is 0 Å². The number of benzene rings is 4. The van der Waals surface area contributed by atoms with E-state index < -0.39 is 0 Å². The molecule has 6 heteroatoms. The predicted molar refractivity (Wildman–Crippen MR) is 172 cm³/mol. The quantitative estimate of drug-likeness (QED) is 0.282. The average Bonchev–Trinajstić information content (AvgIpc) is 3.10. The van der Waals surface area contributed by atoms with Crippen LogP contribution in [0.1, 0.15) is 65.2 Å². The van der Waals surface area contributed by atoms with E-state index in [1.807, 2.05) is 0 Å². The monoisotopic (exact) mass is 530 g/mol. The summed E-state index contributed by atoms with van der Waals surface area (Å²) in [7, 11) is -0.369. The first kappa shape index (κ1) is 27.0.